The summed E-state index contributed by atoms with van der Waals surface area (Å²) in [5, 5.41) is 10.6. The highest BCUT2D eigenvalue weighted by Crippen LogP contribution is 2.31. The van der Waals surface area contributed by atoms with Crippen LogP contribution >= 0.6 is 0 Å². The van der Waals surface area contributed by atoms with Gasteiger partial charge < -0.3 is 5.11 Å². The summed E-state index contributed by atoms with van der Waals surface area (Å²) in [4.78, 5) is 0. The lowest BCUT2D eigenvalue weighted by Crippen LogP contribution is -2.14. The summed E-state index contributed by atoms with van der Waals surface area (Å²) in [6.07, 6.45) is 3.78. The van der Waals surface area contributed by atoms with Crippen molar-refractivity contribution in [3.63, 3.8) is 0 Å². The molecular weight excluding hydrogens is 220 g/mol. The van der Waals surface area contributed by atoms with Crippen molar-refractivity contribution in [2.24, 2.45) is 5.92 Å². The molecule has 1 aromatic rings. The van der Waals surface area contributed by atoms with Crippen LogP contribution in [0, 0.1) is 5.92 Å². The number of rotatable bonds is 6. The van der Waals surface area contributed by atoms with Crippen LogP contribution in [-0.4, -0.2) is 5.11 Å². The van der Waals surface area contributed by atoms with Gasteiger partial charge in [0.05, 0.1) is 6.10 Å². The SMILES string of the molecule is CCc1cc(CC)c(C(O)C(C)CC)c(CC)c1. The largest absolute Gasteiger partial charge is 0.388 e. The van der Waals surface area contributed by atoms with Gasteiger partial charge in [-0.25, -0.2) is 0 Å². The summed E-state index contributed by atoms with van der Waals surface area (Å²) in [5.41, 5.74) is 5.26. The van der Waals surface area contributed by atoms with Gasteiger partial charge >= 0.3 is 0 Å². The zero-order valence-corrected chi connectivity index (χ0v) is 12.6. The van der Waals surface area contributed by atoms with E-state index in [0.29, 0.717) is 5.92 Å². The Kier molecular flexibility index (Phi) is 5.87. The lowest BCUT2D eigenvalue weighted by Gasteiger charge is -2.24. The van der Waals surface area contributed by atoms with Crippen LogP contribution in [0.25, 0.3) is 0 Å². The van der Waals surface area contributed by atoms with E-state index in [2.05, 4.69) is 46.8 Å². The van der Waals surface area contributed by atoms with E-state index < -0.39 is 0 Å². The van der Waals surface area contributed by atoms with Crippen LogP contribution in [-0.2, 0) is 19.3 Å². The van der Waals surface area contributed by atoms with Gasteiger partial charge in [-0.05, 0) is 47.4 Å². The second-order valence-corrected chi connectivity index (χ2v) is 5.22. The van der Waals surface area contributed by atoms with E-state index in [0.717, 1.165) is 25.7 Å². The molecule has 0 saturated heterocycles. The average Bonchev–Trinajstić information content (AvgIpc) is 2.43. The van der Waals surface area contributed by atoms with Gasteiger partial charge in [-0.2, -0.15) is 0 Å². The highest BCUT2D eigenvalue weighted by molar-refractivity contribution is 5.41. The van der Waals surface area contributed by atoms with Crippen molar-refractivity contribution in [2.75, 3.05) is 0 Å². The first-order chi connectivity index (χ1) is 8.58. The first-order valence-corrected chi connectivity index (χ1v) is 7.41. The van der Waals surface area contributed by atoms with Gasteiger partial charge in [0.1, 0.15) is 0 Å². The molecule has 0 aliphatic carbocycles. The summed E-state index contributed by atoms with van der Waals surface area (Å²) in [7, 11) is 0. The van der Waals surface area contributed by atoms with Crippen LogP contribution < -0.4 is 0 Å². The Balaban J connectivity index is 3.30. The number of aryl methyl sites for hydroxylation is 3. The quantitative estimate of drug-likeness (QED) is 0.788. The second kappa shape index (κ2) is 6.94. The smallest absolute Gasteiger partial charge is 0.0820 e. The fraction of sp³-hybridized carbons (Fsp3) is 0.647. The van der Waals surface area contributed by atoms with E-state index in [1.807, 2.05) is 0 Å². The van der Waals surface area contributed by atoms with Crippen LogP contribution in [0.2, 0.25) is 0 Å². The van der Waals surface area contributed by atoms with E-state index in [9.17, 15) is 5.11 Å². The van der Waals surface area contributed by atoms with Crippen LogP contribution in [0.4, 0.5) is 0 Å². The maximum atomic E-state index is 10.6. The monoisotopic (exact) mass is 248 g/mol. The van der Waals surface area contributed by atoms with Gasteiger partial charge in [0, 0.05) is 0 Å². The molecule has 2 atom stereocenters. The van der Waals surface area contributed by atoms with Gasteiger partial charge in [-0.3, -0.25) is 0 Å². The van der Waals surface area contributed by atoms with E-state index >= 15 is 0 Å². The van der Waals surface area contributed by atoms with Gasteiger partial charge in [0.2, 0.25) is 0 Å². The van der Waals surface area contributed by atoms with E-state index in [4.69, 9.17) is 0 Å². The van der Waals surface area contributed by atoms with Gasteiger partial charge in [0.15, 0.2) is 0 Å². The van der Waals surface area contributed by atoms with Crippen molar-refractivity contribution in [1.82, 2.24) is 0 Å². The molecule has 0 radical (unpaired) electrons. The molecule has 2 unspecified atom stereocenters. The van der Waals surface area contributed by atoms with Crippen LogP contribution in [0.15, 0.2) is 12.1 Å². The Morgan fingerprint density at radius 2 is 1.44 bits per heavy atom. The Labute approximate surface area is 112 Å². The van der Waals surface area contributed by atoms with Crippen molar-refractivity contribution >= 4 is 0 Å². The highest BCUT2D eigenvalue weighted by Gasteiger charge is 2.20. The fourth-order valence-corrected chi connectivity index (χ4v) is 2.53. The van der Waals surface area contributed by atoms with Crippen molar-refractivity contribution in [3.05, 3.63) is 34.4 Å². The minimum Gasteiger partial charge on any atom is -0.388 e. The number of aliphatic hydroxyl groups excluding tert-OH is 1. The van der Waals surface area contributed by atoms with Crippen LogP contribution in [0.1, 0.15) is 69.4 Å². The number of hydrogen-bond donors (Lipinski definition) is 1. The first-order valence-electron chi connectivity index (χ1n) is 7.41. The van der Waals surface area contributed by atoms with Crippen molar-refractivity contribution in [2.45, 2.75) is 66.4 Å². The lowest BCUT2D eigenvalue weighted by molar-refractivity contribution is 0.114. The topological polar surface area (TPSA) is 20.2 Å². The van der Waals surface area contributed by atoms with Crippen molar-refractivity contribution < 1.29 is 5.11 Å². The molecule has 1 nitrogen and oxygen atoms in total. The number of hydrogen-bond acceptors (Lipinski definition) is 1. The molecule has 1 N–H and O–H groups in total. The maximum Gasteiger partial charge on any atom is 0.0820 e. The Hall–Kier alpha value is -0.820. The van der Waals surface area contributed by atoms with E-state index in [1.54, 1.807) is 0 Å². The molecule has 1 aromatic carbocycles. The number of aliphatic hydroxyl groups is 1. The minimum atomic E-state index is -0.314. The van der Waals surface area contributed by atoms with Crippen molar-refractivity contribution in [3.8, 4) is 0 Å². The molecule has 1 rings (SSSR count). The molecule has 0 heterocycles. The molecule has 0 saturated carbocycles. The predicted octanol–water partition coefficient (Wildman–Crippen LogP) is 4.45. The molecule has 0 bridgehead atoms. The lowest BCUT2D eigenvalue weighted by atomic mass is 9.85. The van der Waals surface area contributed by atoms with Crippen LogP contribution in [0.3, 0.4) is 0 Å². The zero-order valence-electron chi connectivity index (χ0n) is 12.6. The van der Waals surface area contributed by atoms with Crippen LogP contribution in [0.5, 0.6) is 0 Å². The maximum absolute atomic E-state index is 10.6. The third kappa shape index (κ3) is 3.14. The van der Waals surface area contributed by atoms with Gasteiger partial charge in [-0.1, -0.05) is 53.2 Å². The molecule has 0 aromatic heterocycles. The third-order valence-corrected chi connectivity index (χ3v) is 4.06. The molecule has 102 valence electrons. The van der Waals surface area contributed by atoms with Gasteiger partial charge in [0.25, 0.3) is 0 Å². The molecule has 0 aliphatic rings. The standard InChI is InChI=1S/C17H28O/c1-6-12(5)17(18)16-14(8-3)10-13(7-2)11-15(16)9-4/h10-12,17-18H,6-9H2,1-5H3. The molecule has 1 heteroatoms. The zero-order chi connectivity index (χ0) is 13.7. The summed E-state index contributed by atoms with van der Waals surface area (Å²) < 4.78 is 0. The summed E-state index contributed by atoms with van der Waals surface area (Å²) in [6, 6.07) is 4.56. The predicted molar refractivity (Wildman–Crippen MR) is 79.0 cm³/mol. The minimum absolute atomic E-state index is 0.314. The average molecular weight is 248 g/mol. The first kappa shape index (κ1) is 15.2. The van der Waals surface area contributed by atoms with E-state index in [-0.39, 0.29) is 6.10 Å². The summed E-state index contributed by atoms with van der Waals surface area (Å²) in [6.45, 7) is 10.8. The second-order valence-electron chi connectivity index (χ2n) is 5.22. The van der Waals surface area contributed by atoms with Gasteiger partial charge in [-0.15, -0.1) is 0 Å². The van der Waals surface area contributed by atoms with E-state index in [1.165, 1.54) is 22.3 Å². The molecule has 0 spiro atoms. The molecular formula is C17H28O. The number of benzene rings is 1. The fourth-order valence-electron chi connectivity index (χ4n) is 2.53. The third-order valence-electron chi connectivity index (χ3n) is 4.06. The Bertz CT molecular complexity index is 356. The summed E-state index contributed by atoms with van der Waals surface area (Å²) in [5.74, 6) is 0.327. The molecule has 18 heavy (non-hydrogen) atoms. The Morgan fingerprint density at radius 3 is 1.78 bits per heavy atom. The normalized spacial score (nSPS) is 14.6. The summed E-state index contributed by atoms with van der Waals surface area (Å²) >= 11 is 0. The molecule has 0 aliphatic heterocycles. The highest BCUT2D eigenvalue weighted by atomic mass is 16.3. The van der Waals surface area contributed by atoms with Crippen molar-refractivity contribution in [1.29, 1.82) is 0 Å². The molecule has 0 fully saturated rings. The Morgan fingerprint density at radius 1 is 0.944 bits per heavy atom. The molecule has 0 amide bonds.